The summed E-state index contributed by atoms with van der Waals surface area (Å²) in [5.74, 6) is -0.303. The minimum absolute atomic E-state index is 0.250. The average molecular weight is 212 g/mol. The molecule has 0 atom stereocenters. The van der Waals surface area contributed by atoms with E-state index in [2.05, 4.69) is 0 Å². The molecule has 5 nitrogen and oxygen atoms in total. The molecule has 0 fully saturated rings. The van der Waals surface area contributed by atoms with Crippen LogP contribution < -0.4 is 0 Å². The van der Waals surface area contributed by atoms with Crippen LogP contribution in [0.2, 0.25) is 0 Å². The van der Waals surface area contributed by atoms with Crippen LogP contribution in [-0.4, -0.2) is 18.7 Å². The van der Waals surface area contributed by atoms with Gasteiger partial charge in [0.15, 0.2) is 0 Å². The Bertz CT molecular complexity index is 333. The minimum atomic E-state index is -0.303. The van der Waals surface area contributed by atoms with Gasteiger partial charge in [-0.15, -0.1) is 0 Å². The molecule has 0 amide bonds. The molecule has 0 aliphatic rings. The van der Waals surface area contributed by atoms with Crippen molar-refractivity contribution in [3.05, 3.63) is 23.7 Å². The summed E-state index contributed by atoms with van der Waals surface area (Å²) in [5.41, 5.74) is 1.44. The van der Waals surface area contributed by atoms with Crippen molar-refractivity contribution in [2.75, 3.05) is 6.61 Å². The third kappa shape index (κ3) is 4.24. The molecule has 1 aromatic heterocycles. The van der Waals surface area contributed by atoms with Crippen LogP contribution in [0.1, 0.15) is 29.8 Å². The Morgan fingerprint density at radius 2 is 2.00 bits per heavy atom. The lowest BCUT2D eigenvalue weighted by molar-refractivity contribution is -0.191. The second kappa shape index (κ2) is 7.53. The fraction of sp³-hybridized carbons (Fsp3) is 0.400. The van der Waals surface area contributed by atoms with Crippen LogP contribution in [-0.2, 0) is 20.7 Å². The molecule has 5 heteroatoms. The first kappa shape index (κ1) is 13.1. The van der Waals surface area contributed by atoms with E-state index in [0.29, 0.717) is 12.2 Å². The Labute approximate surface area is 87.0 Å². The first-order valence-corrected chi connectivity index (χ1v) is 4.42. The van der Waals surface area contributed by atoms with Gasteiger partial charge >= 0.3 is 12.1 Å². The molecule has 0 unspecified atom stereocenters. The van der Waals surface area contributed by atoms with Crippen molar-refractivity contribution in [1.29, 1.82) is 0 Å². The maximum absolute atomic E-state index is 11.2. The summed E-state index contributed by atoms with van der Waals surface area (Å²) < 4.78 is 9.73. The van der Waals surface area contributed by atoms with Crippen molar-refractivity contribution in [3.63, 3.8) is 0 Å². The van der Waals surface area contributed by atoms with Crippen LogP contribution in [0.25, 0.3) is 0 Å². The highest BCUT2D eigenvalue weighted by atomic mass is 16.5. The molecule has 0 saturated carbocycles. The number of carbonyl (C=O) groups is 1. The quantitative estimate of drug-likeness (QED) is 0.708. The second-order valence-corrected chi connectivity index (χ2v) is 2.47. The van der Waals surface area contributed by atoms with E-state index in [1.54, 1.807) is 13.2 Å². The van der Waals surface area contributed by atoms with E-state index in [-0.39, 0.29) is 12.1 Å². The number of rotatable bonds is 3. The fourth-order valence-electron chi connectivity index (χ4n) is 0.985. The molecule has 0 N–H and O–H groups in total. The smallest absolute Gasteiger partial charge is 0.373 e. The van der Waals surface area contributed by atoms with Gasteiger partial charge in [-0.2, -0.15) is 9.59 Å². The number of hydrogen-bond acceptors (Lipinski definition) is 5. The molecule has 1 rings (SSSR count). The summed E-state index contributed by atoms with van der Waals surface area (Å²) in [6.45, 7) is 4.14. The number of aryl methyl sites for hydroxylation is 1. The summed E-state index contributed by atoms with van der Waals surface area (Å²) in [7, 11) is 0. The third-order valence-electron chi connectivity index (χ3n) is 1.62. The Balaban J connectivity index is 0.000000583. The lowest BCUT2D eigenvalue weighted by Gasteiger charge is -1.99. The predicted molar refractivity (Wildman–Crippen MR) is 49.0 cm³/mol. The van der Waals surface area contributed by atoms with E-state index in [0.717, 1.165) is 12.0 Å². The highest BCUT2D eigenvalue weighted by Gasteiger charge is 2.12. The van der Waals surface area contributed by atoms with Crippen LogP contribution in [0, 0.1) is 0 Å². The molecule has 0 aliphatic carbocycles. The highest BCUT2D eigenvalue weighted by Crippen LogP contribution is 2.12. The van der Waals surface area contributed by atoms with Gasteiger partial charge in [-0.3, -0.25) is 0 Å². The average Bonchev–Trinajstić information content (AvgIpc) is 2.67. The Kier molecular flexibility index (Phi) is 6.59. The van der Waals surface area contributed by atoms with Crippen LogP contribution in [0.3, 0.4) is 0 Å². The van der Waals surface area contributed by atoms with Crippen molar-refractivity contribution in [2.24, 2.45) is 0 Å². The lowest BCUT2D eigenvalue weighted by Crippen LogP contribution is -2.05. The SMILES string of the molecule is CCOC(=O)c1cocc1CC.O=C=O. The molecule has 15 heavy (non-hydrogen) atoms. The van der Waals surface area contributed by atoms with Gasteiger partial charge in [0.1, 0.15) is 11.8 Å². The zero-order valence-corrected chi connectivity index (χ0v) is 8.61. The third-order valence-corrected chi connectivity index (χ3v) is 1.62. The van der Waals surface area contributed by atoms with Crippen LogP contribution >= 0.6 is 0 Å². The first-order chi connectivity index (χ1) is 7.21. The molecular formula is C10H12O5. The van der Waals surface area contributed by atoms with E-state index >= 15 is 0 Å². The topological polar surface area (TPSA) is 73.6 Å². The maximum atomic E-state index is 11.2. The van der Waals surface area contributed by atoms with E-state index in [1.807, 2.05) is 6.92 Å². The van der Waals surface area contributed by atoms with Crippen molar-refractivity contribution >= 4 is 12.1 Å². The monoisotopic (exact) mass is 212 g/mol. The molecule has 0 bridgehead atoms. The summed E-state index contributed by atoms with van der Waals surface area (Å²) in [6, 6.07) is 0. The summed E-state index contributed by atoms with van der Waals surface area (Å²) in [5, 5.41) is 0. The van der Waals surface area contributed by atoms with Crippen LogP contribution in [0.5, 0.6) is 0 Å². The Hall–Kier alpha value is -1.87. The second-order valence-electron chi connectivity index (χ2n) is 2.47. The molecule has 82 valence electrons. The van der Waals surface area contributed by atoms with Crippen molar-refractivity contribution < 1.29 is 23.5 Å². The van der Waals surface area contributed by atoms with E-state index in [4.69, 9.17) is 18.7 Å². The van der Waals surface area contributed by atoms with Gasteiger partial charge in [0.25, 0.3) is 0 Å². The molecule has 0 radical (unpaired) electrons. The van der Waals surface area contributed by atoms with Gasteiger partial charge in [0, 0.05) is 5.56 Å². The highest BCUT2D eigenvalue weighted by molar-refractivity contribution is 5.90. The molecule has 1 heterocycles. The standard InChI is InChI=1S/C9H12O3.CO2/c1-3-7-5-11-6-8(7)9(10)12-4-2;2-1-3/h5-6H,3-4H2,1-2H3;. The molecule has 0 aromatic carbocycles. The van der Waals surface area contributed by atoms with Gasteiger partial charge in [-0.1, -0.05) is 6.92 Å². The van der Waals surface area contributed by atoms with E-state index in [9.17, 15) is 4.79 Å². The first-order valence-electron chi connectivity index (χ1n) is 4.42. The zero-order valence-electron chi connectivity index (χ0n) is 8.61. The minimum Gasteiger partial charge on any atom is -0.471 e. The molecule has 0 aliphatic heterocycles. The largest absolute Gasteiger partial charge is 0.471 e. The van der Waals surface area contributed by atoms with Crippen molar-refractivity contribution in [1.82, 2.24) is 0 Å². The van der Waals surface area contributed by atoms with Crippen LogP contribution in [0.4, 0.5) is 0 Å². The Morgan fingerprint density at radius 3 is 2.47 bits per heavy atom. The predicted octanol–water partition coefficient (Wildman–Crippen LogP) is 1.44. The summed E-state index contributed by atoms with van der Waals surface area (Å²) >= 11 is 0. The lowest BCUT2D eigenvalue weighted by atomic mass is 10.1. The number of hydrogen-bond donors (Lipinski definition) is 0. The fourth-order valence-corrected chi connectivity index (χ4v) is 0.985. The molecule has 0 saturated heterocycles. The van der Waals surface area contributed by atoms with Gasteiger partial charge in [-0.05, 0) is 13.3 Å². The van der Waals surface area contributed by atoms with Crippen molar-refractivity contribution in [2.45, 2.75) is 20.3 Å². The van der Waals surface area contributed by atoms with E-state index < -0.39 is 0 Å². The summed E-state index contributed by atoms with van der Waals surface area (Å²) in [6.07, 6.45) is 4.04. The van der Waals surface area contributed by atoms with Gasteiger partial charge in [0.05, 0.1) is 12.9 Å². The normalized spacial score (nSPS) is 8.40. The maximum Gasteiger partial charge on any atom is 0.373 e. The zero-order chi connectivity index (χ0) is 11.7. The van der Waals surface area contributed by atoms with Crippen molar-refractivity contribution in [3.8, 4) is 0 Å². The number of furan rings is 1. The van der Waals surface area contributed by atoms with Crippen LogP contribution in [0.15, 0.2) is 16.9 Å². The van der Waals surface area contributed by atoms with E-state index in [1.165, 1.54) is 6.26 Å². The van der Waals surface area contributed by atoms with Gasteiger partial charge in [0.2, 0.25) is 0 Å². The summed E-state index contributed by atoms with van der Waals surface area (Å²) in [4.78, 5) is 27.5. The molecule has 1 aromatic rings. The number of carbonyl (C=O) groups excluding carboxylic acids is 3. The Morgan fingerprint density at radius 1 is 1.40 bits per heavy atom. The number of ether oxygens (including phenoxy) is 1. The van der Waals surface area contributed by atoms with Gasteiger partial charge in [-0.25, -0.2) is 4.79 Å². The molecular weight excluding hydrogens is 200 g/mol. The van der Waals surface area contributed by atoms with Gasteiger partial charge < -0.3 is 9.15 Å². The molecule has 0 spiro atoms. The number of esters is 1.